The minimum atomic E-state index is -0.782. The highest BCUT2D eigenvalue weighted by Gasteiger charge is 2.05. The SMILES string of the molecule is CC(CBr)Cc1ccc(F)c(F)c1. The average molecular weight is 249 g/mol. The quantitative estimate of drug-likeness (QED) is 0.719. The second kappa shape index (κ2) is 4.70. The first-order valence-electron chi connectivity index (χ1n) is 4.13. The average Bonchev–Trinajstić information content (AvgIpc) is 2.11. The Labute approximate surface area is 85.1 Å². The van der Waals surface area contributed by atoms with E-state index < -0.39 is 11.6 Å². The van der Waals surface area contributed by atoms with Crippen LogP contribution >= 0.6 is 15.9 Å². The van der Waals surface area contributed by atoms with Crippen molar-refractivity contribution >= 4 is 15.9 Å². The van der Waals surface area contributed by atoms with Gasteiger partial charge in [-0.1, -0.05) is 28.9 Å². The molecule has 0 aliphatic rings. The Kier molecular flexibility index (Phi) is 3.85. The van der Waals surface area contributed by atoms with Crippen LogP contribution < -0.4 is 0 Å². The topological polar surface area (TPSA) is 0 Å². The molecule has 1 rings (SSSR count). The normalized spacial score (nSPS) is 12.9. The molecule has 0 aromatic heterocycles. The maximum absolute atomic E-state index is 12.7. The molecule has 0 fully saturated rings. The molecule has 0 saturated carbocycles. The van der Waals surface area contributed by atoms with Crippen LogP contribution in [-0.2, 0) is 6.42 Å². The fourth-order valence-electron chi connectivity index (χ4n) is 1.12. The summed E-state index contributed by atoms with van der Waals surface area (Å²) in [6, 6.07) is 4.05. The first-order chi connectivity index (χ1) is 6.13. The Morgan fingerprint density at radius 3 is 2.54 bits per heavy atom. The third-order valence-corrected chi connectivity index (χ3v) is 2.94. The molecule has 72 valence electrons. The fourth-order valence-corrected chi connectivity index (χ4v) is 1.35. The highest BCUT2D eigenvalue weighted by atomic mass is 79.9. The summed E-state index contributed by atoms with van der Waals surface area (Å²) in [5, 5.41) is 0.867. The zero-order chi connectivity index (χ0) is 9.84. The number of hydrogen-bond donors (Lipinski definition) is 0. The molecule has 0 aliphatic carbocycles. The lowest BCUT2D eigenvalue weighted by atomic mass is 10.0. The lowest BCUT2D eigenvalue weighted by molar-refractivity contribution is 0.505. The molecule has 0 N–H and O–H groups in total. The third-order valence-electron chi connectivity index (χ3n) is 1.83. The molecular formula is C10H11BrF2. The summed E-state index contributed by atoms with van der Waals surface area (Å²) >= 11 is 3.34. The van der Waals surface area contributed by atoms with Gasteiger partial charge in [0.2, 0.25) is 0 Å². The molecule has 1 unspecified atom stereocenters. The van der Waals surface area contributed by atoms with E-state index in [1.54, 1.807) is 6.07 Å². The van der Waals surface area contributed by atoms with Gasteiger partial charge in [0.15, 0.2) is 11.6 Å². The molecule has 0 nitrogen and oxygen atoms in total. The van der Waals surface area contributed by atoms with Crippen LogP contribution in [0.15, 0.2) is 18.2 Å². The maximum atomic E-state index is 12.7. The van der Waals surface area contributed by atoms with Gasteiger partial charge in [0, 0.05) is 5.33 Å². The standard InChI is InChI=1S/C10H11BrF2/c1-7(6-11)4-8-2-3-9(12)10(13)5-8/h2-3,5,7H,4,6H2,1H3. The van der Waals surface area contributed by atoms with Crippen LogP contribution in [0.5, 0.6) is 0 Å². The number of alkyl halides is 1. The molecule has 0 amide bonds. The highest BCUT2D eigenvalue weighted by molar-refractivity contribution is 9.09. The summed E-state index contributed by atoms with van der Waals surface area (Å²) in [5.41, 5.74) is 0.839. The van der Waals surface area contributed by atoms with Crippen molar-refractivity contribution < 1.29 is 8.78 Å². The lowest BCUT2D eigenvalue weighted by Crippen LogP contribution is -2.01. The van der Waals surface area contributed by atoms with Gasteiger partial charge in [-0.15, -0.1) is 0 Å². The van der Waals surface area contributed by atoms with E-state index in [9.17, 15) is 8.78 Å². The number of benzene rings is 1. The van der Waals surface area contributed by atoms with Gasteiger partial charge in [-0.2, -0.15) is 0 Å². The molecule has 13 heavy (non-hydrogen) atoms. The predicted octanol–water partition coefficient (Wildman–Crippen LogP) is 3.54. The van der Waals surface area contributed by atoms with E-state index in [-0.39, 0.29) is 0 Å². The van der Waals surface area contributed by atoms with E-state index in [2.05, 4.69) is 22.9 Å². The Morgan fingerprint density at radius 2 is 2.00 bits per heavy atom. The Balaban J connectivity index is 2.73. The Bertz CT molecular complexity index is 286. The van der Waals surface area contributed by atoms with Crippen LogP contribution in [0.4, 0.5) is 8.78 Å². The first-order valence-corrected chi connectivity index (χ1v) is 5.25. The van der Waals surface area contributed by atoms with Crippen molar-refractivity contribution in [2.45, 2.75) is 13.3 Å². The molecule has 0 heterocycles. The van der Waals surface area contributed by atoms with E-state index in [0.717, 1.165) is 17.3 Å². The van der Waals surface area contributed by atoms with E-state index >= 15 is 0 Å². The largest absolute Gasteiger partial charge is 0.204 e. The molecule has 1 atom stereocenters. The van der Waals surface area contributed by atoms with Crippen molar-refractivity contribution in [3.63, 3.8) is 0 Å². The molecule has 0 aliphatic heterocycles. The van der Waals surface area contributed by atoms with Crippen LogP contribution in [0.1, 0.15) is 12.5 Å². The van der Waals surface area contributed by atoms with Crippen LogP contribution in [-0.4, -0.2) is 5.33 Å². The second-order valence-corrected chi connectivity index (χ2v) is 3.86. The molecular weight excluding hydrogens is 238 g/mol. The predicted molar refractivity (Wildman–Crippen MR) is 53.0 cm³/mol. The van der Waals surface area contributed by atoms with Gasteiger partial charge in [0.1, 0.15) is 0 Å². The van der Waals surface area contributed by atoms with Crippen molar-refractivity contribution in [2.24, 2.45) is 5.92 Å². The summed E-state index contributed by atoms with van der Waals surface area (Å²) in [6.07, 6.45) is 0.766. The summed E-state index contributed by atoms with van der Waals surface area (Å²) in [7, 11) is 0. The first kappa shape index (κ1) is 10.6. The molecule has 3 heteroatoms. The summed E-state index contributed by atoms with van der Waals surface area (Å²) < 4.78 is 25.3. The number of rotatable bonds is 3. The molecule has 0 bridgehead atoms. The minimum absolute atomic E-state index is 0.435. The highest BCUT2D eigenvalue weighted by Crippen LogP contribution is 2.13. The van der Waals surface area contributed by atoms with Crippen LogP contribution in [0.25, 0.3) is 0 Å². The molecule has 1 aromatic rings. The van der Waals surface area contributed by atoms with Gasteiger partial charge in [-0.3, -0.25) is 0 Å². The third kappa shape index (κ3) is 3.07. The van der Waals surface area contributed by atoms with Crippen LogP contribution in [0, 0.1) is 17.6 Å². The second-order valence-electron chi connectivity index (χ2n) is 3.21. The molecule has 0 radical (unpaired) electrons. The van der Waals surface area contributed by atoms with Crippen molar-refractivity contribution in [1.82, 2.24) is 0 Å². The van der Waals surface area contributed by atoms with Gasteiger partial charge < -0.3 is 0 Å². The van der Waals surface area contributed by atoms with Crippen molar-refractivity contribution in [3.05, 3.63) is 35.4 Å². The zero-order valence-corrected chi connectivity index (χ0v) is 8.94. The minimum Gasteiger partial charge on any atom is -0.204 e. The summed E-state index contributed by atoms with van der Waals surface area (Å²) in [4.78, 5) is 0. The van der Waals surface area contributed by atoms with Gasteiger partial charge >= 0.3 is 0 Å². The number of halogens is 3. The van der Waals surface area contributed by atoms with E-state index in [1.165, 1.54) is 12.1 Å². The van der Waals surface area contributed by atoms with Crippen LogP contribution in [0.3, 0.4) is 0 Å². The summed E-state index contributed by atoms with van der Waals surface area (Å²) in [5.74, 6) is -1.11. The van der Waals surface area contributed by atoms with Crippen molar-refractivity contribution in [1.29, 1.82) is 0 Å². The lowest BCUT2D eigenvalue weighted by Gasteiger charge is -2.07. The monoisotopic (exact) mass is 248 g/mol. The molecule has 0 saturated heterocycles. The Morgan fingerprint density at radius 1 is 1.31 bits per heavy atom. The molecule has 1 aromatic carbocycles. The van der Waals surface area contributed by atoms with Gasteiger partial charge in [0.05, 0.1) is 0 Å². The van der Waals surface area contributed by atoms with E-state index in [4.69, 9.17) is 0 Å². The van der Waals surface area contributed by atoms with Gasteiger partial charge in [-0.25, -0.2) is 8.78 Å². The van der Waals surface area contributed by atoms with Crippen molar-refractivity contribution in [3.8, 4) is 0 Å². The van der Waals surface area contributed by atoms with Gasteiger partial charge in [0.25, 0.3) is 0 Å². The van der Waals surface area contributed by atoms with Gasteiger partial charge in [-0.05, 0) is 30.0 Å². The Hall–Kier alpha value is -0.440. The fraction of sp³-hybridized carbons (Fsp3) is 0.400. The van der Waals surface area contributed by atoms with Crippen LogP contribution in [0.2, 0.25) is 0 Å². The van der Waals surface area contributed by atoms with E-state index in [0.29, 0.717) is 5.92 Å². The number of hydrogen-bond acceptors (Lipinski definition) is 0. The smallest absolute Gasteiger partial charge is 0.159 e. The molecule has 0 spiro atoms. The maximum Gasteiger partial charge on any atom is 0.159 e. The van der Waals surface area contributed by atoms with Crippen molar-refractivity contribution in [2.75, 3.05) is 5.33 Å². The van der Waals surface area contributed by atoms with E-state index in [1.807, 2.05) is 0 Å². The zero-order valence-electron chi connectivity index (χ0n) is 7.36. The summed E-state index contributed by atoms with van der Waals surface area (Å²) in [6.45, 7) is 2.05.